The van der Waals surface area contributed by atoms with Gasteiger partial charge < -0.3 is 10.1 Å². The molecule has 3 aromatic rings. The number of hydrogen-bond acceptors (Lipinski definition) is 7. The van der Waals surface area contributed by atoms with E-state index in [0.717, 1.165) is 11.9 Å². The number of nitrogens with zero attached hydrogens (tertiary/aromatic N) is 4. The fraction of sp³-hybridized carbons (Fsp3) is 0.125. The minimum atomic E-state index is -3.45. The van der Waals surface area contributed by atoms with Gasteiger partial charge in [-0.1, -0.05) is 12.1 Å². The van der Waals surface area contributed by atoms with Gasteiger partial charge >= 0.3 is 0 Å². The molecular weight excluding hydrogens is 358 g/mol. The number of rotatable bonds is 6. The molecule has 1 heterocycles. The van der Waals surface area contributed by atoms with Gasteiger partial charge in [0.25, 0.3) is 5.91 Å². The van der Waals surface area contributed by atoms with Crippen molar-refractivity contribution in [3.63, 3.8) is 0 Å². The molecule has 0 saturated heterocycles. The van der Waals surface area contributed by atoms with Crippen molar-refractivity contribution in [2.75, 3.05) is 18.2 Å². The molecule has 0 radical (unpaired) electrons. The van der Waals surface area contributed by atoms with Crippen molar-refractivity contribution in [1.82, 2.24) is 20.2 Å². The summed E-state index contributed by atoms with van der Waals surface area (Å²) in [5.41, 5.74) is 0.964. The molecule has 0 fully saturated rings. The van der Waals surface area contributed by atoms with E-state index >= 15 is 0 Å². The summed E-state index contributed by atoms with van der Waals surface area (Å²) in [5.74, 6) is 0.0130. The van der Waals surface area contributed by atoms with Crippen LogP contribution in [0.25, 0.3) is 5.69 Å². The zero-order valence-electron chi connectivity index (χ0n) is 13.7. The van der Waals surface area contributed by atoms with Crippen molar-refractivity contribution in [2.24, 2.45) is 0 Å². The standard InChI is InChI=1S/C16H15N5O4S/c1-26(23,24)15-5-3-2-4-14(15)18-16(22)10-25-13-8-6-12(7-9-13)21-11-17-19-20-21/h2-9,11H,10H2,1H3,(H,18,22). The molecule has 0 aliphatic rings. The number of anilines is 1. The maximum Gasteiger partial charge on any atom is 0.262 e. The molecular formula is C16H15N5O4S. The highest BCUT2D eigenvalue weighted by Gasteiger charge is 2.14. The molecule has 2 aromatic carbocycles. The minimum absolute atomic E-state index is 0.0548. The Morgan fingerprint density at radius 1 is 1.15 bits per heavy atom. The Hall–Kier alpha value is -3.27. The number of carbonyl (C=O) groups is 1. The van der Waals surface area contributed by atoms with Gasteiger partial charge in [0.2, 0.25) is 0 Å². The lowest BCUT2D eigenvalue weighted by Crippen LogP contribution is -2.21. The largest absolute Gasteiger partial charge is 0.484 e. The van der Waals surface area contributed by atoms with Gasteiger partial charge in [0.05, 0.1) is 16.3 Å². The molecule has 0 atom stereocenters. The van der Waals surface area contributed by atoms with E-state index in [9.17, 15) is 13.2 Å². The molecule has 1 amide bonds. The number of benzene rings is 2. The van der Waals surface area contributed by atoms with Crippen LogP contribution >= 0.6 is 0 Å². The van der Waals surface area contributed by atoms with Gasteiger partial charge in [0, 0.05) is 6.26 Å². The number of nitrogens with one attached hydrogen (secondary N) is 1. The summed E-state index contributed by atoms with van der Waals surface area (Å²) in [6, 6.07) is 13.0. The van der Waals surface area contributed by atoms with Gasteiger partial charge in [-0.3, -0.25) is 4.79 Å². The maximum absolute atomic E-state index is 12.1. The van der Waals surface area contributed by atoms with Crippen LogP contribution in [0.1, 0.15) is 0 Å². The molecule has 3 rings (SSSR count). The highest BCUT2D eigenvalue weighted by atomic mass is 32.2. The van der Waals surface area contributed by atoms with E-state index in [1.165, 1.54) is 23.1 Å². The number of hydrogen-bond donors (Lipinski definition) is 1. The molecule has 0 bridgehead atoms. The number of carbonyl (C=O) groups excluding carboxylic acids is 1. The Bertz CT molecular complexity index is 1000. The Labute approximate surface area is 149 Å². The van der Waals surface area contributed by atoms with Gasteiger partial charge in [-0.2, -0.15) is 0 Å². The minimum Gasteiger partial charge on any atom is -0.484 e. The molecule has 0 aliphatic heterocycles. The monoisotopic (exact) mass is 373 g/mol. The fourth-order valence-corrected chi connectivity index (χ4v) is 3.05. The topological polar surface area (TPSA) is 116 Å². The third-order valence-corrected chi connectivity index (χ3v) is 4.54. The molecule has 1 aromatic heterocycles. The molecule has 1 N–H and O–H groups in total. The summed E-state index contributed by atoms with van der Waals surface area (Å²) in [5, 5.41) is 13.4. The van der Waals surface area contributed by atoms with E-state index in [0.29, 0.717) is 5.75 Å². The van der Waals surface area contributed by atoms with Crippen LogP contribution < -0.4 is 10.1 Å². The van der Waals surface area contributed by atoms with Crippen molar-refractivity contribution in [1.29, 1.82) is 0 Å². The molecule has 0 unspecified atom stereocenters. The first-order valence-electron chi connectivity index (χ1n) is 7.48. The van der Waals surface area contributed by atoms with Crippen LogP contribution in [0.5, 0.6) is 5.75 Å². The highest BCUT2D eigenvalue weighted by molar-refractivity contribution is 7.90. The summed E-state index contributed by atoms with van der Waals surface area (Å²) in [6.45, 7) is -0.262. The second-order valence-electron chi connectivity index (χ2n) is 5.35. The molecule has 10 heteroatoms. The Morgan fingerprint density at radius 3 is 2.54 bits per heavy atom. The fourth-order valence-electron chi connectivity index (χ4n) is 2.20. The number of amides is 1. The van der Waals surface area contributed by atoms with Crippen LogP contribution in [0, 0.1) is 0 Å². The molecule has 9 nitrogen and oxygen atoms in total. The smallest absolute Gasteiger partial charge is 0.262 e. The van der Waals surface area contributed by atoms with E-state index in [2.05, 4.69) is 20.8 Å². The molecule has 0 spiro atoms. The number of aromatic nitrogens is 4. The Morgan fingerprint density at radius 2 is 1.88 bits per heavy atom. The first-order chi connectivity index (χ1) is 12.4. The third-order valence-electron chi connectivity index (χ3n) is 3.38. The highest BCUT2D eigenvalue weighted by Crippen LogP contribution is 2.20. The zero-order chi connectivity index (χ0) is 18.6. The second kappa shape index (κ2) is 7.31. The van der Waals surface area contributed by atoms with Gasteiger partial charge in [-0.25, -0.2) is 13.1 Å². The number of ether oxygens (including phenoxy) is 1. The number of sulfone groups is 1. The molecule has 0 aliphatic carbocycles. The molecule has 26 heavy (non-hydrogen) atoms. The van der Waals surface area contributed by atoms with Crippen LogP contribution in [-0.4, -0.2) is 47.4 Å². The van der Waals surface area contributed by atoms with Gasteiger partial charge in [0.15, 0.2) is 16.4 Å². The van der Waals surface area contributed by atoms with Crippen molar-refractivity contribution < 1.29 is 17.9 Å². The van der Waals surface area contributed by atoms with Crippen LogP contribution in [0.2, 0.25) is 0 Å². The van der Waals surface area contributed by atoms with E-state index in [1.54, 1.807) is 36.4 Å². The van der Waals surface area contributed by atoms with E-state index in [-0.39, 0.29) is 17.2 Å². The SMILES string of the molecule is CS(=O)(=O)c1ccccc1NC(=O)COc1ccc(-n2cnnn2)cc1. The number of para-hydroxylation sites is 1. The lowest BCUT2D eigenvalue weighted by molar-refractivity contribution is -0.118. The summed E-state index contributed by atoms with van der Waals surface area (Å²) in [6.07, 6.45) is 2.54. The first-order valence-corrected chi connectivity index (χ1v) is 9.38. The van der Waals surface area contributed by atoms with Crippen molar-refractivity contribution in [3.05, 3.63) is 54.9 Å². The predicted molar refractivity (Wildman–Crippen MR) is 92.8 cm³/mol. The van der Waals surface area contributed by atoms with Gasteiger partial charge in [-0.15, -0.1) is 5.10 Å². The Kier molecular flexibility index (Phi) is 4.94. The van der Waals surface area contributed by atoms with E-state index < -0.39 is 15.7 Å². The zero-order valence-corrected chi connectivity index (χ0v) is 14.5. The normalized spacial score (nSPS) is 11.1. The van der Waals surface area contributed by atoms with Crippen LogP contribution in [0.3, 0.4) is 0 Å². The summed E-state index contributed by atoms with van der Waals surface area (Å²) in [4.78, 5) is 12.1. The maximum atomic E-state index is 12.1. The van der Waals surface area contributed by atoms with Crippen molar-refractivity contribution in [2.45, 2.75) is 4.90 Å². The molecule has 134 valence electrons. The van der Waals surface area contributed by atoms with Gasteiger partial charge in [0.1, 0.15) is 12.1 Å². The van der Waals surface area contributed by atoms with Crippen LogP contribution in [0.4, 0.5) is 5.69 Å². The van der Waals surface area contributed by atoms with E-state index in [4.69, 9.17) is 4.74 Å². The lowest BCUT2D eigenvalue weighted by atomic mass is 10.3. The first kappa shape index (κ1) is 17.5. The van der Waals surface area contributed by atoms with E-state index in [1.807, 2.05) is 0 Å². The average Bonchev–Trinajstić information content (AvgIpc) is 3.15. The summed E-state index contributed by atoms with van der Waals surface area (Å²) >= 11 is 0. The molecule has 0 saturated carbocycles. The average molecular weight is 373 g/mol. The summed E-state index contributed by atoms with van der Waals surface area (Å²) in [7, 11) is -3.45. The third kappa shape index (κ3) is 4.22. The quantitative estimate of drug-likeness (QED) is 0.687. The van der Waals surface area contributed by atoms with Crippen molar-refractivity contribution >= 4 is 21.4 Å². The second-order valence-corrected chi connectivity index (χ2v) is 7.34. The van der Waals surface area contributed by atoms with Crippen molar-refractivity contribution in [3.8, 4) is 11.4 Å². The number of tetrazole rings is 1. The van der Waals surface area contributed by atoms with Crippen LogP contribution in [-0.2, 0) is 14.6 Å². The summed E-state index contributed by atoms with van der Waals surface area (Å²) < 4.78 is 30.4. The Balaban J connectivity index is 1.61. The van der Waals surface area contributed by atoms with Crippen LogP contribution in [0.15, 0.2) is 59.8 Å². The van der Waals surface area contributed by atoms with Gasteiger partial charge in [-0.05, 0) is 46.8 Å². The lowest BCUT2D eigenvalue weighted by Gasteiger charge is -2.10. The predicted octanol–water partition coefficient (Wildman–Crippen LogP) is 1.08.